The Morgan fingerprint density at radius 1 is 1.18 bits per heavy atom. The van der Waals surface area contributed by atoms with Crippen LogP contribution in [0.2, 0.25) is 0 Å². The monoisotopic (exact) mass is 236 g/mol. The molecule has 0 amide bonds. The summed E-state index contributed by atoms with van der Waals surface area (Å²) >= 11 is 0. The van der Waals surface area contributed by atoms with Crippen LogP contribution >= 0.6 is 0 Å². The predicted molar refractivity (Wildman–Crippen MR) is 67.5 cm³/mol. The molecule has 17 heavy (non-hydrogen) atoms. The van der Waals surface area contributed by atoms with E-state index in [0.29, 0.717) is 17.4 Å². The van der Waals surface area contributed by atoms with Gasteiger partial charge in [0.1, 0.15) is 5.82 Å². The van der Waals surface area contributed by atoms with Crippen LogP contribution in [0, 0.1) is 31.5 Å². The Hall–Kier alpha value is -0.890. The number of hydrogen-bond acceptors (Lipinski definition) is 1. The quantitative estimate of drug-likeness (QED) is 0.711. The lowest BCUT2D eigenvalue weighted by Gasteiger charge is -2.34. The molecular weight excluding hydrogens is 215 g/mol. The molecule has 3 atom stereocenters. The molecule has 1 aromatic carbocycles. The maximum atomic E-state index is 13.7. The van der Waals surface area contributed by atoms with Gasteiger partial charge in [-0.25, -0.2) is 4.39 Å². The van der Waals surface area contributed by atoms with Crippen molar-refractivity contribution >= 4 is 0 Å². The minimum absolute atomic E-state index is 0.0568. The number of aryl methyl sites for hydroxylation is 2. The smallest absolute Gasteiger partial charge is 0.126 e. The molecule has 0 spiro atoms. The average Bonchev–Trinajstić information content (AvgIpc) is 2.24. The molecule has 0 saturated carbocycles. The Balaban J connectivity index is 2.31. The normalized spacial score (nSPS) is 29.4. The van der Waals surface area contributed by atoms with Crippen LogP contribution in [-0.2, 0) is 4.74 Å². The Morgan fingerprint density at radius 2 is 1.88 bits per heavy atom. The summed E-state index contributed by atoms with van der Waals surface area (Å²) in [5.41, 5.74) is 2.87. The first-order valence-corrected chi connectivity index (χ1v) is 6.37. The van der Waals surface area contributed by atoms with Crippen LogP contribution in [0.5, 0.6) is 0 Å². The molecule has 1 nitrogen and oxygen atoms in total. The van der Waals surface area contributed by atoms with Crippen LogP contribution in [0.3, 0.4) is 0 Å². The van der Waals surface area contributed by atoms with Crippen molar-refractivity contribution in [2.45, 2.75) is 40.2 Å². The van der Waals surface area contributed by atoms with Crippen molar-refractivity contribution in [3.8, 4) is 0 Å². The molecule has 3 unspecified atom stereocenters. The zero-order valence-corrected chi connectivity index (χ0v) is 11.1. The van der Waals surface area contributed by atoms with E-state index in [0.717, 1.165) is 24.2 Å². The van der Waals surface area contributed by atoms with Gasteiger partial charge in [0.05, 0.1) is 6.10 Å². The fourth-order valence-electron chi connectivity index (χ4n) is 2.80. The average molecular weight is 236 g/mol. The van der Waals surface area contributed by atoms with Crippen molar-refractivity contribution in [2.24, 2.45) is 11.8 Å². The molecular formula is C15H21FO. The van der Waals surface area contributed by atoms with Crippen LogP contribution in [0.1, 0.15) is 43.1 Å². The van der Waals surface area contributed by atoms with Crippen LogP contribution in [0.15, 0.2) is 12.1 Å². The van der Waals surface area contributed by atoms with E-state index in [1.54, 1.807) is 13.0 Å². The van der Waals surface area contributed by atoms with Crippen molar-refractivity contribution in [2.75, 3.05) is 6.61 Å². The highest BCUT2D eigenvalue weighted by Crippen LogP contribution is 2.37. The Morgan fingerprint density at radius 3 is 2.53 bits per heavy atom. The van der Waals surface area contributed by atoms with E-state index >= 15 is 0 Å². The van der Waals surface area contributed by atoms with Crippen LogP contribution < -0.4 is 0 Å². The summed E-state index contributed by atoms with van der Waals surface area (Å²) < 4.78 is 19.6. The van der Waals surface area contributed by atoms with E-state index in [9.17, 15) is 4.39 Å². The molecule has 0 aromatic heterocycles. The van der Waals surface area contributed by atoms with Gasteiger partial charge >= 0.3 is 0 Å². The number of halogens is 1. The van der Waals surface area contributed by atoms with E-state index in [4.69, 9.17) is 4.74 Å². The summed E-state index contributed by atoms with van der Waals surface area (Å²) in [6.45, 7) is 9.02. The third kappa shape index (κ3) is 2.52. The predicted octanol–water partition coefficient (Wildman–Crippen LogP) is 4.18. The molecule has 2 heteroatoms. The van der Waals surface area contributed by atoms with Crippen LogP contribution in [0.25, 0.3) is 0 Å². The minimum Gasteiger partial charge on any atom is -0.373 e. The Labute approximate surface area is 103 Å². The molecule has 1 heterocycles. The van der Waals surface area contributed by atoms with Crippen molar-refractivity contribution in [1.82, 2.24) is 0 Å². The van der Waals surface area contributed by atoms with Crippen LogP contribution in [-0.4, -0.2) is 6.61 Å². The van der Waals surface area contributed by atoms with Crippen molar-refractivity contribution in [3.05, 3.63) is 34.6 Å². The number of rotatable bonds is 1. The van der Waals surface area contributed by atoms with Gasteiger partial charge in [0.15, 0.2) is 0 Å². The largest absolute Gasteiger partial charge is 0.373 e. The maximum Gasteiger partial charge on any atom is 0.126 e. The summed E-state index contributed by atoms with van der Waals surface area (Å²) in [5.74, 6) is 0.941. The third-order valence-electron chi connectivity index (χ3n) is 3.71. The second-order valence-corrected chi connectivity index (χ2v) is 5.53. The molecule has 0 bridgehead atoms. The Bertz CT molecular complexity index is 414. The SMILES string of the molecule is Cc1cc(C)c(C2OCC(C)CC2C)cc1F. The molecule has 1 aliphatic heterocycles. The van der Waals surface area contributed by atoms with E-state index in [-0.39, 0.29) is 11.9 Å². The van der Waals surface area contributed by atoms with Gasteiger partial charge in [-0.2, -0.15) is 0 Å². The van der Waals surface area contributed by atoms with Gasteiger partial charge in [-0.1, -0.05) is 19.9 Å². The van der Waals surface area contributed by atoms with E-state index in [1.807, 2.05) is 13.0 Å². The molecule has 0 N–H and O–H groups in total. The van der Waals surface area contributed by atoms with E-state index < -0.39 is 0 Å². The molecule has 0 radical (unpaired) electrons. The number of benzene rings is 1. The lowest BCUT2D eigenvalue weighted by molar-refractivity contribution is -0.0487. The standard InChI is InChI=1S/C15H21FO/c1-9-5-12(4)15(17-8-9)13-7-14(16)11(3)6-10(13)2/h6-7,9,12,15H,5,8H2,1-4H3. The summed E-state index contributed by atoms with van der Waals surface area (Å²) in [6, 6.07) is 3.57. The van der Waals surface area contributed by atoms with Crippen molar-refractivity contribution in [3.63, 3.8) is 0 Å². The molecule has 1 fully saturated rings. The minimum atomic E-state index is -0.125. The van der Waals surface area contributed by atoms with Gasteiger partial charge in [-0.3, -0.25) is 0 Å². The maximum absolute atomic E-state index is 13.7. The summed E-state index contributed by atoms with van der Waals surface area (Å²) in [4.78, 5) is 0. The van der Waals surface area contributed by atoms with E-state index in [1.165, 1.54) is 0 Å². The van der Waals surface area contributed by atoms with Gasteiger partial charge in [-0.05, 0) is 54.9 Å². The van der Waals surface area contributed by atoms with Gasteiger partial charge in [0.2, 0.25) is 0 Å². The summed E-state index contributed by atoms with van der Waals surface area (Å²) in [6.07, 6.45) is 1.21. The first-order chi connectivity index (χ1) is 7.99. The fourth-order valence-corrected chi connectivity index (χ4v) is 2.80. The topological polar surface area (TPSA) is 9.23 Å². The van der Waals surface area contributed by atoms with Crippen LogP contribution in [0.4, 0.5) is 4.39 Å². The molecule has 1 aliphatic rings. The second kappa shape index (κ2) is 4.77. The zero-order valence-electron chi connectivity index (χ0n) is 11.1. The molecule has 94 valence electrons. The molecule has 1 aromatic rings. The molecule has 0 aliphatic carbocycles. The second-order valence-electron chi connectivity index (χ2n) is 5.53. The van der Waals surface area contributed by atoms with Gasteiger partial charge in [-0.15, -0.1) is 0 Å². The summed E-state index contributed by atoms with van der Waals surface area (Å²) in [7, 11) is 0. The highest BCUT2D eigenvalue weighted by atomic mass is 19.1. The fraction of sp³-hybridized carbons (Fsp3) is 0.600. The van der Waals surface area contributed by atoms with Gasteiger partial charge in [0, 0.05) is 6.61 Å². The first-order valence-electron chi connectivity index (χ1n) is 6.37. The number of hydrogen-bond donors (Lipinski definition) is 0. The highest BCUT2D eigenvalue weighted by Gasteiger charge is 2.28. The first kappa shape index (κ1) is 12.6. The van der Waals surface area contributed by atoms with Gasteiger partial charge < -0.3 is 4.74 Å². The van der Waals surface area contributed by atoms with Crippen molar-refractivity contribution < 1.29 is 9.13 Å². The molecule has 1 saturated heterocycles. The summed E-state index contributed by atoms with van der Waals surface area (Å²) in [5, 5.41) is 0. The number of ether oxygens (including phenoxy) is 1. The highest BCUT2D eigenvalue weighted by molar-refractivity contribution is 5.33. The van der Waals surface area contributed by atoms with Crippen molar-refractivity contribution in [1.29, 1.82) is 0 Å². The molecule has 2 rings (SSSR count). The lowest BCUT2D eigenvalue weighted by atomic mass is 9.85. The zero-order chi connectivity index (χ0) is 12.6. The lowest BCUT2D eigenvalue weighted by Crippen LogP contribution is -2.26. The Kier molecular flexibility index (Phi) is 3.53. The van der Waals surface area contributed by atoms with E-state index in [2.05, 4.69) is 13.8 Å². The van der Waals surface area contributed by atoms with Gasteiger partial charge in [0.25, 0.3) is 0 Å². The third-order valence-corrected chi connectivity index (χ3v) is 3.71.